The summed E-state index contributed by atoms with van der Waals surface area (Å²) in [6, 6.07) is 76.3. The number of nitrogens with one attached hydrogen (secondary N) is 1. The van der Waals surface area contributed by atoms with Gasteiger partial charge >= 0.3 is 0 Å². The second kappa shape index (κ2) is 15.2. The van der Waals surface area contributed by atoms with Gasteiger partial charge in [-0.2, -0.15) is 0 Å². The van der Waals surface area contributed by atoms with Gasteiger partial charge in [-0.25, -0.2) is 9.98 Å². The Morgan fingerprint density at radius 2 is 0.806 bits per heavy atom. The Kier molecular flexibility index (Phi) is 8.95. The van der Waals surface area contributed by atoms with Crippen LogP contribution in [0.4, 0.5) is 0 Å². The Morgan fingerprint density at radius 3 is 1.32 bits per heavy atom. The fourth-order valence-corrected chi connectivity index (χ4v) is 11.4. The van der Waals surface area contributed by atoms with Crippen molar-refractivity contribution in [2.75, 3.05) is 0 Å². The second-order valence-corrected chi connectivity index (χ2v) is 17.9. The van der Waals surface area contributed by atoms with Crippen LogP contribution in [-0.2, 0) is 0 Å². The van der Waals surface area contributed by atoms with Crippen molar-refractivity contribution in [3.05, 3.63) is 229 Å². The minimum atomic E-state index is -0.336. The zero-order valence-electron chi connectivity index (χ0n) is 33.5. The highest BCUT2D eigenvalue weighted by atomic mass is 32.1. The lowest BCUT2D eigenvalue weighted by Crippen LogP contribution is -2.33. The monoisotopic (exact) mass is 827 g/mol. The first-order valence-corrected chi connectivity index (χ1v) is 22.5. The number of amidine groups is 2. The van der Waals surface area contributed by atoms with Gasteiger partial charge in [0.15, 0.2) is 5.84 Å². The molecule has 292 valence electrons. The predicted molar refractivity (Wildman–Crippen MR) is 266 cm³/mol. The lowest BCUT2D eigenvalue weighted by Gasteiger charge is -2.23. The van der Waals surface area contributed by atoms with Crippen LogP contribution in [0.25, 0.3) is 84.9 Å². The molecule has 3 heterocycles. The Morgan fingerprint density at radius 1 is 0.355 bits per heavy atom. The molecule has 5 heteroatoms. The van der Waals surface area contributed by atoms with Gasteiger partial charge in [0.2, 0.25) is 0 Å². The van der Waals surface area contributed by atoms with E-state index in [2.05, 4.69) is 212 Å². The summed E-state index contributed by atoms with van der Waals surface area (Å²) in [5, 5.41) is 8.75. The number of rotatable bonds is 7. The van der Waals surface area contributed by atoms with Gasteiger partial charge in [0.05, 0.1) is 0 Å². The van der Waals surface area contributed by atoms with Crippen molar-refractivity contribution >= 4 is 74.7 Å². The number of aliphatic imine (C=N–C) groups is 2. The van der Waals surface area contributed by atoms with E-state index in [9.17, 15) is 0 Å². The minimum Gasteiger partial charge on any atom is -0.344 e. The van der Waals surface area contributed by atoms with E-state index in [1.54, 1.807) is 0 Å². The molecule has 3 nitrogen and oxygen atoms in total. The van der Waals surface area contributed by atoms with Gasteiger partial charge in [0.1, 0.15) is 12.0 Å². The fraction of sp³-hybridized carbons (Fsp3) is 0.0175. The van der Waals surface area contributed by atoms with Crippen molar-refractivity contribution < 1.29 is 0 Å². The average molecular weight is 828 g/mol. The quantitative estimate of drug-likeness (QED) is 0.171. The van der Waals surface area contributed by atoms with Crippen LogP contribution >= 0.6 is 22.7 Å². The molecule has 1 aliphatic heterocycles. The normalized spacial score (nSPS) is 14.0. The molecule has 1 atom stereocenters. The molecule has 62 heavy (non-hydrogen) atoms. The van der Waals surface area contributed by atoms with Crippen molar-refractivity contribution in [1.82, 2.24) is 5.32 Å². The van der Waals surface area contributed by atoms with E-state index in [1.807, 2.05) is 28.7 Å². The third-order valence-electron chi connectivity index (χ3n) is 11.9. The summed E-state index contributed by atoms with van der Waals surface area (Å²) < 4.78 is 5.02. The molecule has 11 aromatic rings. The van der Waals surface area contributed by atoms with Gasteiger partial charge in [-0.05, 0) is 75.3 Å². The molecule has 12 rings (SSSR count). The molecule has 0 aliphatic carbocycles. The third kappa shape index (κ3) is 6.51. The van der Waals surface area contributed by atoms with Gasteiger partial charge in [-0.15, -0.1) is 22.7 Å². The van der Waals surface area contributed by atoms with Gasteiger partial charge in [0.25, 0.3) is 0 Å². The first kappa shape index (κ1) is 36.4. The van der Waals surface area contributed by atoms with Crippen LogP contribution in [0.5, 0.6) is 0 Å². The van der Waals surface area contributed by atoms with Crippen LogP contribution in [0.2, 0.25) is 0 Å². The van der Waals surface area contributed by atoms with Crippen molar-refractivity contribution in [3.63, 3.8) is 0 Å². The zero-order chi connectivity index (χ0) is 41.0. The van der Waals surface area contributed by atoms with Crippen molar-refractivity contribution in [1.29, 1.82) is 0 Å². The van der Waals surface area contributed by atoms with Gasteiger partial charge in [-0.1, -0.05) is 176 Å². The van der Waals surface area contributed by atoms with E-state index in [0.29, 0.717) is 0 Å². The maximum absolute atomic E-state index is 5.38. The predicted octanol–water partition coefficient (Wildman–Crippen LogP) is 15.6. The highest BCUT2D eigenvalue weighted by Gasteiger charge is 2.23. The van der Waals surface area contributed by atoms with Gasteiger partial charge < -0.3 is 5.32 Å². The molecule has 0 radical (unpaired) electrons. The van der Waals surface area contributed by atoms with E-state index in [0.717, 1.165) is 28.4 Å². The summed E-state index contributed by atoms with van der Waals surface area (Å²) in [7, 11) is 0. The number of thiophene rings is 2. The molecule has 0 bridgehead atoms. The summed E-state index contributed by atoms with van der Waals surface area (Å²) in [4.78, 5) is 10.6. The molecule has 1 N–H and O–H groups in total. The fourth-order valence-electron chi connectivity index (χ4n) is 8.83. The highest BCUT2D eigenvalue weighted by Crippen LogP contribution is 2.45. The molecule has 0 fully saturated rings. The molecule has 0 saturated carbocycles. The molecule has 1 aliphatic rings. The SMILES string of the molecule is c1ccc(C2=NC(c3ccc4c(c3)sc3c(-c5ccccc5)cc(-c5ccccc5)cc34)=NC(c3ccc4c(c3)sc3c(-c5ccccc5)cc(-c5ccccc5)cc34)N2)cc1. The van der Waals surface area contributed by atoms with Crippen molar-refractivity contribution in [3.8, 4) is 44.5 Å². The largest absolute Gasteiger partial charge is 0.344 e. The Bertz CT molecular complexity index is 3520. The standard InChI is InChI=1S/C57H37N3S2/c1-6-16-36(17-7-1)43-30-47(38-20-10-3-11-21-38)53-49(32-43)45-28-26-41(34-51(45)61-53)56-58-55(40-24-14-5-15-25-40)59-57(60-56)42-27-29-46-50-33-44(37-18-8-2-9-19-37)31-48(39-22-12-4-13-23-39)54(50)62-52(46)35-42/h1-35,56H,(H,58,59,60). The lowest BCUT2D eigenvalue weighted by atomic mass is 9.96. The Balaban J connectivity index is 0.990. The number of benzene rings is 9. The summed E-state index contributed by atoms with van der Waals surface area (Å²) in [5.74, 6) is 1.53. The summed E-state index contributed by atoms with van der Waals surface area (Å²) in [5.41, 5.74) is 12.9. The van der Waals surface area contributed by atoms with Crippen LogP contribution in [0.1, 0.15) is 22.9 Å². The number of nitrogens with zero attached hydrogens (tertiary/aromatic N) is 2. The van der Waals surface area contributed by atoms with Gasteiger partial charge in [-0.3, -0.25) is 0 Å². The molecule has 9 aromatic carbocycles. The van der Waals surface area contributed by atoms with Crippen LogP contribution in [0.15, 0.2) is 222 Å². The maximum atomic E-state index is 5.38. The van der Waals surface area contributed by atoms with Crippen molar-refractivity contribution in [2.24, 2.45) is 9.98 Å². The Labute approximate surface area is 367 Å². The van der Waals surface area contributed by atoms with Gasteiger partial charge in [0, 0.05) is 62.6 Å². The summed E-state index contributed by atoms with van der Waals surface area (Å²) >= 11 is 3.70. The first-order chi connectivity index (χ1) is 30.7. The third-order valence-corrected chi connectivity index (χ3v) is 14.3. The number of fused-ring (bicyclic) bond motifs is 6. The summed E-state index contributed by atoms with van der Waals surface area (Å²) in [6.07, 6.45) is -0.336. The first-order valence-electron chi connectivity index (χ1n) is 20.9. The van der Waals surface area contributed by atoms with Crippen LogP contribution in [0.3, 0.4) is 0 Å². The lowest BCUT2D eigenvalue weighted by molar-refractivity contribution is 0.675. The Hall–Kier alpha value is -7.44. The van der Waals surface area contributed by atoms with Crippen LogP contribution in [-0.4, -0.2) is 11.7 Å². The van der Waals surface area contributed by atoms with E-state index in [1.165, 1.54) is 84.9 Å². The van der Waals surface area contributed by atoms with E-state index in [-0.39, 0.29) is 6.17 Å². The zero-order valence-corrected chi connectivity index (χ0v) is 35.1. The average Bonchev–Trinajstić information content (AvgIpc) is 3.92. The molecule has 0 amide bonds. The van der Waals surface area contributed by atoms with E-state index in [4.69, 9.17) is 9.98 Å². The van der Waals surface area contributed by atoms with E-state index < -0.39 is 0 Å². The number of hydrogen-bond acceptors (Lipinski definition) is 5. The van der Waals surface area contributed by atoms with E-state index >= 15 is 0 Å². The van der Waals surface area contributed by atoms with Crippen LogP contribution < -0.4 is 5.32 Å². The molecular weight excluding hydrogens is 791 g/mol. The highest BCUT2D eigenvalue weighted by molar-refractivity contribution is 7.26. The molecule has 1 unspecified atom stereocenters. The summed E-state index contributed by atoms with van der Waals surface area (Å²) in [6.45, 7) is 0. The number of hydrogen-bond donors (Lipinski definition) is 1. The topological polar surface area (TPSA) is 36.8 Å². The molecule has 0 spiro atoms. The minimum absolute atomic E-state index is 0.336. The molecule has 0 saturated heterocycles. The second-order valence-electron chi connectivity index (χ2n) is 15.8. The molecular formula is C57H37N3S2. The van der Waals surface area contributed by atoms with Crippen LogP contribution in [0, 0.1) is 0 Å². The maximum Gasteiger partial charge on any atom is 0.159 e. The smallest absolute Gasteiger partial charge is 0.159 e. The van der Waals surface area contributed by atoms with Crippen molar-refractivity contribution in [2.45, 2.75) is 6.17 Å². The molecule has 2 aromatic heterocycles.